The molecule has 1 N–H and O–H groups in total. The summed E-state index contributed by atoms with van der Waals surface area (Å²) >= 11 is 6.04. The molecule has 0 aliphatic carbocycles. The van der Waals surface area contributed by atoms with Crippen molar-refractivity contribution in [1.29, 1.82) is 0 Å². The first-order chi connectivity index (χ1) is 13.1. The lowest BCUT2D eigenvalue weighted by Crippen LogP contribution is -2.35. The number of carbonyl (C=O) groups excluding carboxylic acids is 1. The van der Waals surface area contributed by atoms with E-state index in [4.69, 9.17) is 16.3 Å². The van der Waals surface area contributed by atoms with Gasteiger partial charge in [-0.1, -0.05) is 23.7 Å². The summed E-state index contributed by atoms with van der Waals surface area (Å²) in [5.41, 5.74) is 1.06. The van der Waals surface area contributed by atoms with Crippen LogP contribution < -0.4 is 10.1 Å². The largest absolute Gasteiger partial charge is 0.492 e. The summed E-state index contributed by atoms with van der Waals surface area (Å²) in [6, 6.07) is 13.9. The predicted molar refractivity (Wildman–Crippen MR) is 104 cm³/mol. The number of rotatable bonds is 9. The van der Waals surface area contributed by atoms with Gasteiger partial charge in [0.25, 0.3) is 0 Å². The van der Waals surface area contributed by atoms with E-state index >= 15 is 0 Å². The molecule has 1 amide bonds. The Bertz CT molecular complexity index is 754. The fourth-order valence-corrected chi connectivity index (χ4v) is 3.52. The molecule has 1 atom stereocenters. The normalized spacial score (nSPS) is 16.7. The van der Waals surface area contributed by atoms with E-state index in [1.54, 1.807) is 12.1 Å². The van der Waals surface area contributed by atoms with Crippen LogP contribution in [0.2, 0.25) is 5.02 Å². The van der Waals surface area contributed by atoms with Crippen molar-refractivity contribution in [3.63, 3.8) is 0 Å². The van der Waals surface area contributed by atoms with Crippen molar-refractivity contribution in [2.24, 2.45) is 0 Å². The number of nitrogens with zero attached hydrogens (tertiary/aromatic N) is 1. The third-order valence-corrected chi connectivity index (χ3v) is 4.95. The maximum absolute atomic E-state index is 12.8. The van der Waals surface area contributed by atoms with Gasteiger partial charge >= 0.3 is 0 Å². The average molecular weight is 391 g/mol. The minimum atomic E-state index is -0.270. The van der Waals surface area contributed by atoms with Crippen LogP contribution in [0.4, 0.5) is 4.39 Å². The number of carbonyl (C=O) groups is 1. The van der Waals surface area contributed by atoms with Crippen molar-refractivity contribution in [2.75, 3.05) is 19.7 Å². The molecule has 0 bridgehead atoms. The topological polar surface area (TPSA) is 41.6 Å². The van der Waals surface area contributed by atoms with Crippen molar-refractivity contribution in [3.05, 3.63) is 64.9 Å². The summed E-state index contributed by atoms with van der Waals surface area (Å²) in [5, 5.41) is 4.04. The average Bonchev–Trinajstić information content (AvgIpc) is 2.99. The monoisotopic (exact) mass is 390 g/mol. The van der Waals surface area contributed by atoms with Gasteiger partial charge < -0.3 is 15.0 Å². The smallest absolute Gasteiger partial charge is 0.223 e. The predicted octanol–water partition coefficient (Wildman–Crippen LogP) is 4.03. The molecular weight excluding hydrogens is 367 g/mol. The summed E-state index contributed by atoms with van der Waals surface area (Å²) in [6.45, 7) is 2.64. The number of benzene rings is 2. The van der Waals surface area contributed by atoms with Gasteiger partial charge in [0.05, 0.1) is 0 Å². The Kier molecular flexibility index (Phi) is 7.07. The summed E-state index contributed by atoms with van der Waals surface area (Å²) in [7, 11) is 0. The molecule has 0 spiro atoms. The molecule has 144 valence electrons. The van der Waals surface area contributed by atoms with Crippen LogP contribution in [0.5, 0.6) is 5.75 Å². The lowest BCUT2D eigenvalue weighted by atomic mass is 10.1. The van der Waals surface area contributed by atoms with E-state index in [0.29, 0.717) is 36.9 Å². The molecule has 3 rings (SSSR count). The minimum Gasteiger partial charge on any atom is -0.492 e. The highest BCUT2D eigenvalue weighted by molar-refractivity contribution is 6.30. The van der Waals surface area contributed by atoms with Crippen molar-refractivity contribution >= 4 is 17.5 Å². The van der Waals surface area contributed by atoms with Crippen LogP contribution in [0.25, 0.3) is 0 Å². The second-order valence-corrected chi connectivity index (χ2v) is 7.12. The Hall–Kier alpha value is -2.11. The molecule has 6 heteroatoms. The Labute approximate surface area is 164 Å². The summed E-state index contributed by atoms with van der Waals surface area (Å²) < 4.78 is 18.4. The van der Waals surface area contributed by atoms with E-state index in [1.807, 2.05) is 29.2 Å². The van der Waals surface area contributed by atoms with Gasteiger partial charge in [0.1, 0.15) is 18.2 Å². The first kappa shape index (κ1) is 19.6. The van der Waals surface area contributed by atoms with E-state index in [9.17, 15) is 9.18 Å². The Morgan fingerprint density at radius 2 is 2.00 bits per heavy atom. The molecule has 0 unspecified atom stereocenters. The van der Waals surface area contributed by atoms with Crippen LogP contribution in [0.15, 0.2) is 48.5 Å². The van der Waals surface area contributed by atoms with Gasteiger partial charge in [-0.3, -0.25) is 4.79 Å². The number of amides is 1. The van der Waals surface area contributed by atoms with Gasteiger partial charge in [-0.15, -0.1) is 0 Å². The van der Waals surface area contributed by atoms with Gasteiger partial charge in [0.2, 0.25) is 5.91 Å². The molecule has 27 heavy (non-hydrogen) atoms. The molecule has 1 saturated heterocycles. The van der Waals surface area contributed by atoms with E-state index in [2.05, 4.69) is 5.32 Å². The van der Waals surface area contributed by atoms with Gasteiger partial charge in [-0.25, -0.2) is 4.39 Å². The van der Waals surface area contributed by atoms with Crippen LogP contribution in [0.3, 0.4) is 0 Å². The second kappa shape index (κ2) is 9.72. The molecule has 4 nitrogen and oxygen atoms in total. The highest BCUT2D eigenvalue weighted by atomic mass is 35.5. The molecule has 1 aliphatic heterocycles. The van der Waals surface area contributed by atoms with Crippen LogP contribution >= 0.6 is 11.6 Å². The summed E-state index contributed by atoms with van der Waals surface area (Å²) in [6.07, 6.45) is 2.41. The van der Waals surface area contributed by atoms with Crippen LogP contribution in [-0.2, 0) is 11.3 Å². The quantitative estimate of drug-likeness (QED) is 0.657. The van der Waals surface area contributed by atoms with Crippen molar-refractivity contribution in [3.8, 4) is 5.75 Å². The molecule has 2 aromatic rings. The Balaban J connectivity index is 1.37. The molecule has 2 aromatic carbocycles. The third-order valence-electron chi connectivity index (χ3n) is 4.71. The van der Waals surface area contributed by atoms with Gasteiger partial charge in [-0.2, -0.15) is 0 Å². The highest BCUT2D eigenvalue weighted by Gasteiger charge is 2.30. The molecule has 0 radical (unpaired) electrons. The van der Waals surface area contributed by atoms with E-state index in [0.717, 1.165) is 24.9 Å². The Morgan fingerprint density at radius 3 is 2.78 bits per heavy atom. The molecule has 0 saturated carbocycles. The molecular formula is C21H24ClFN2O2. The van der Waals surface area contributed by atoms with E-state index < -0.39 is 0 Å². The maximum Gasteiger partial charge on any atom is 0.223 e. The SMILES string of the molecule is O=C1CC[C@H](CCNCCOc2ccc(F)cc2)N1Cc1cccc(Cl)c1. The standard InChI is InChI=1S/C21H24ClFN2O2/c22-17-3-1-2-16(14-17)15-25-19(6-9-21(25)26)10-11-24-12-13-27-20-7-4-18(23)5-8-20/h1-5,7-8,14,19,24H,6,9-13,15H2/t19-/m1/s1. The van der Waals surface area contributed by atoms with Gasteiger partial charge in [0.15, 0.2) is 0 Å². The Morgan fingerprint density at radius 1 is 1.19 bits per heavy atom. The fourth-order valence-electron chi connectivity index (χ4n) is 3.31. The van der Waals surface area contributed by atoms with Crippen LogP contribution in [0.1, 0.15) is 24.8 Å². The van der Waals surface area contributed by atoms with Crippen molar-refractivity contribution in [1.82, 2.24) is 10.2 Å². The zero-order valence-corrected chi connectivity index (χ0v) is 15.9. The number of nitrogens with one attached hydrogen (secondary N) is 1. The zero-order valence-electron chi connectivity index (χ0n) is 15.2. The van der Waals surface area contributed by atoms with E-state index in [1.165, 1.54) is 12.1 Å². The van der Waals surface area contributed by atoms with Crippen molar-refractivity contribution in [2.45, 2.75) is 31.8 Å². The first-order valence-electron chi connectivity index (χ1n) is 9.25. The fraction of sp³-hybridized carbons (Fsp3) is 0.381. The summed E-state index contributed by atoms with van der Waals surface area (Å²) in [5.74, 6) is 0.598. The lowest BCUT2D eigenvalue weighted by molar-refractivity contribution is -0.129. The van der Waals surface area contributed by atoms with E-state index in [-0.39, 0.29) is 17.8 Å². The lowest BCUT2D eigenvalue weighted by Gasteiger charge is -2.25. The molecule has 0 aromatic heterocycles. The first-order valence-corrected chi connectivity index (χ1v) is 9.62. The highest BCUT2D eigenvalue weighted by Crippen LogP contribution is 2.24. The van der Waals surface area contributed by atoms with Crippen molar-refractivity contribution < 1.29 is 13.9 Å². The number of halogens is 2. The number of ether oxygens (including phenoxy) is 1. The zero-order chi connectivity index (χ0) is 19.1. The van der Waals surface area contributed by atoms with Gasteiger partial charge in [-0.05, 0) is 61.3 Å². The number of likely N-dealkylation sites (tertiary alicyclic amines) is 1. The second-order valence-electron chi connectivity index (χ2n) is 6.69. The number of hydrogen-bond acceptors (Lipinski definition) is 3. The molecule has 1 fully saturated rings. The number of hydrogen-bond donors (Lipinski definition) is 1. The minimum absolute atomic E-state index is 0.208. The third kappa shape index (κ3) is 5.94. The molecule has 1 aliphatic rings. The van der Waals surface area contributed by atoms with Gasteiger partial charge in [0, 0.05) is 30.6 Å². The van der Waals surface area contributed by atoms with Crippen LogP contribution in [0, 0.1) is 5.82 Å². The summed E-state index contributed by atoms with van der Waals surface area (Å²) in [4.78, 5) is 14.2. The van der Waals surface area contributed by atoms with Crippen LogP contribution in [-0.4, -0.2) is 36.5 Å². The maximum atomic E-state index is 12.8. The molecule has 1 heterocycles.